The molecule has 0 saturated heterocycles. The molecule has 0 spiro atoms. The van der Waals surface area contributed by atoms with Gasteiger partial charge in [0.15, 0.2) is 11.6 Å². The summed E-state index contributed by atoms with van der Waals surface area (Å²) in [4.78, 5) is 0. The summed E-state index contributed by atoms with van der Waals surface area (Å²) < 4.78 is 44.6. The van der Waals surface area contributed by atoms with E-state index in [0.29, 0.717) is 17.4 Å². The number of ether oxygens (including phenoxy) is 1. The van der Waals surface area contributed by atoms with Crippen LogP contribution in [-0.2, 0) is 0 Å². The van der Waals surface area contributed by atoms with Crippen LogP contribution in [0.4, 0.5) is 13.2 Å². The van der Waals surface area contributed by atoms with E-state index >= 15 is 0 Å². The second-order valence-corrected chi connectivity index (χ2v) is 4.36. The Kier molecular flexibility index (Phi) is 4.00. The van der Waals surface area contributed by atoms with Gasteiger partial charge in [0.05, 0.1) is 12.5 Å². The highest BCUT2D eigenvalue weighted by molar-refractivity contribution is 6.22. The summed E-state index contributed by atoms with van der Waals surface area (Å²) in [5, 5.41) is -0.902. The third kappa shape index (κ3) is 2.84. The molecule has 1 unspecified atom stereocenters. The average molecular weight is 287 g/mol. The van der Waals surface area contributed by atoms with Crippen LogP contribution in [0.1, 0.15) is 16.5 Å². The lowest BCUT2D eigenvalue weighted by Gasteiger charge is -2.12. The van der Waals surface area contributed by atoms with Gasteiger partial charge in [0.1, 0.15) is 11.6 Å². The number of alkyl halides is 1. The molecule has 0 aliphatic rings. The number of hydrogen-bond acceptors (Lipinski definition) is 1. The van der Waals surface area contributed by atoms with Crippen LogP contribution in [0.15, 0.2) is 36.4 Å². The van der Waals surface area contributed by atoms with Crippen LogP contribution in [0, 0.1) is 17.5 Å². The molecule has 1 atom stereocenters. The summed E-state index contributed by atoms with van der Waals surface area (Å²) in [7, 11) is 1.52. The van der Waals surface area contributed by atoms with Gasteiger partial charge in [-0.25, -0.2) is 13.2 Å². The van der Waals surface area contributed by atoms with Crippen molar-refractivity contribution >= 4 is 11.6 Å². The van der Waals surface area contributed by atoms with Crippen LogP contribution in [0.2, 0.25) is 0 Å². The lowest BCUT2D eigenvalue weighted by Crippen LogP contribution is -2.00. The molecule has 5 heteroatoms. The van der Waals surface area contributed by atoms with Crippen LogP contribution < -0.4 is 4.74 Å². The fourth-order valence-corrected chi connectivity index (χ4v) is 2.00. The van der Waals surface area contributed by atoms with Crippen LogP contribution in [0.25, 0.3) is 0 Å². The molecule has 100 valence electrons. The van der Waals surface area contributed by atoms with Gasteiger partial charge >= 0.3 is 0 Å². The van der Waals surface area contributed by atoms with E-state index < -0.39 is 22.8 Å². The molecule has 0 heterocycles. The zero-order valence-corrected chi connectivity index (χ0v) is 10.7. The van der Waals surface area contributed by atoms with Gasteiger partial charge in [0.25, 0.3) is 0 Å². The van der Waals surface area contributed by atoms with Crippen LogP contribution >= 0.6 is 11.6 Å². The molecule has 0 amide bonds. The smallest absolute Gasteiger partial charge is 0.161 e. The minimum atomic E-state index is -1.24. The molecule has 0 aliphatic carbocycles. The van der Waals surface area contributed by atoms with Crippen molar-refractivity contribution in [3.63, 3.8) is 0 Å². The topological polar surface area (TPSA) is 9.23 Å². The van der Waals surface area contributed by atoms with Crippen molar-refractivity contribution in [3.8, 4) is 5.75 Å². The molecule has 2 aromatic rings. The Morgan fingerprint density at radius 3 is 2.11 bits per heavy atom. The second kappa shape index (κ2) is 5.53. The van der Waals surface area contributed by atoms with Gasteiger partial charge in [0.2, 0.25) is 0 Å². The fraction of sp³-hybridized carbons (Fsp3) is 0.143. The molecular weight excluding hydrogens is 277 g/mol. The predicted molar refractivity (Wildman–Crippen MR) is 67.0 cm³/mol. The molecule has 0 fully saturated rings. The minimum Gasteiger partial charge on any atom is -0.497 e. The third-order valence-electron chi connectivity index (χ3n) is 2.72. The fourth-order valence-electron chi connectivity index (χ4n) is 1.68. The maximum absolute atomic E-state index is 13.6. The molecule has 0 aliphatic heterocycles. The Hall–Kier alpha value is -1.68. The molecule has 2 aromatic carbocycles. The maximum atomic E-state index is 13.6. The number of benzene rings is 2. The van der Waals surface area contributed by atoms with Crippen molar-refractivity contribution in [2.75, 3.05) is 7.11 Å². The first-order valence-electron chi connectivity index (χ1n) is 5.45. The highest BCUT2D eigenvalue weighted by atomic mass is 35.5. The monoisotopic (exact) mass is 286 g/mol. The highest BCUT2D eigenvalue weighted by Crippen LogP contribution is 2.32. The van der Waals surface area contributed by atoms with Gasteiger partial charge in [-0.2, -0.15) is 0 Å². The summed E-state index contributed by atoms with van der Waals surface area (Å²) in [5.41, 5.74) is 0.457. The van der Waals surface area contributed by atoms with Crippen LogP contribution in [0.3, 0.4) is 0 Å². The van der Waals surface area contributed by atoms with Crippen molar-refractivity contribution in [1.29, 1.82) is 0 Å². The summed E-state index contributed by atoms with van der Waals surface area (Å²) in [6.07, 6.45) is 0. The molecule has 2 rings (SSSR count). The first kappa shape index (κ1) is 13.7. The van der Waals surface area contributed by atoms with Crippen molar-refractivity contribution in [2.24, 2.45) is 0 Å². The Labute approximate surface area is 113 Å². The van der Waals surface area contributed by atoms with E-state index in [2.05, 4.69) is 0 Å². The van der Waals surface area contributed by atoms with Gasteiger partial charge in [-0.3, -0.25) is 0 Å². The van der Waals surface area contributed by atoms with Crippen molar-refractivity contribution in [1.82, 2.24) is 0 Å². The van der Waals surface area contributed by atoms with Crippen molar-refractivity contribution in [2.45, 2.75) is 5.38 Å². The standard InChI is InChI=1S/C14H10ClF3O/c1-19-9-4-2-8(3-5-9)14(15)10-6-12(17)13(18)7-11(10)16/h2-7,14H,1H3. The van der Waals surface area contributed by atoms with E-state index in [1.54, 1.807) is 24.3 Å². The molecule has 0 aromatic heterocycles. The molecule has 0 saturated carbocycles. The van der Waals surface area contributed by atoms with Gasteiger partial charge in [-0.15, -0.1) is 11.6 Å². The van der Waals surface area contributed by atoms with Gasteiger partial charge in [0, 0.05) is 11.6 Å². The second-order valence-electron chi connectivity index (χ2n) is 3.92. The Bertz CT molecular complexity index is 584. The van der Waals surface area contributed by atoms with Crippen molar-refractivity contribution in [3.05, 3.63) is 65.0 Å². The zero-order chi connectivity index (χ0) is 14.0. The SMILES string of the molecule is COc1ccc(C(Cl)c2cc(F)c(F)cc2F)cc1. The van der Waals surface area contributed by atoms with Crippen LogP contribution in [-0.4, -0.2) is 7.11 Å². The maximum Gasteiger partial charge on any atom is 0.161 e. The quantitative estimate of drug-likeness (QED) is 0.599. The lowest BCUT2D eigenvalue weighted by molar-refractivity contribution is 0.414. The van der Waals surface area contributed by atoms with Crippen molar-refractivity contribution < 1.29 is 17.9 Å². The largest absolute Gasteiger partial charge is 0.497 e. The van der Waals surface area contributed by atoms with E-state index in [0.717, 1.165) is 6.07 Å². The molecular formula is C14H10ClF3O. The van der Waals surface area contributed by atoms with Gasteiger partial charge < -0.3 is 4.74 Å². The molecule has 0 radical (unpaired) electrons. The first-order valence-corrected chi connectivity index (χ1v) is 5.89. The predicted octanol–water partition coefficient (Wildman–Crippen LogP) is 4.44. The van der Waals surface area contributed by atoms with E-state index in [-0.39, 0.29) is 5.56 Å². The number of methoxy groups -OCH3 is 1. The Morgan fingerprint density at radius 2 is 1.53 bits per heavy atom. The van der Waals surface area contributed by atoms with Crippen LogP contribution in [0.5, 0.6) is 5.75 Å². The normalized spacial score (nSPS) is 12.3. The molecule has 0 bridgehead atoms. The lowest BCUT2D eigenvalue weighted by atomic mass is 10.0. The Morgan fingerprint density at radius 1 is 0.947 bits per heavy atom. The third-order valence-corrected chi connectivity index (χ3v) is 3.21. The van der Waals surface area contributed by atoms with E-state index in [1.807, 2.05) is 0 Å². The molecule has 19 heavy (non-hydrogen) atoms. The summed E-state index contributed by atoms with van der Waals surface area (Å²) in [5.74, 6) is -2.62. The summed E-state index contributed by atoms with van der Waals surface area (Å²) >= 11 is 6.09. The Balaban J connectivity index is 2.37. The number of hydrogen-bond donors (Lipinski definition) is 0. The molecule has 1 nitrogen and oxygen atoms in total. The zero-order valence-electron chi connectivity index (χ0n) is 9.96. The average Bonchev–Trinajstić information content (AvgIpc) is 2.42. The van der Waals surface area contributed by atoms with E-state index in [1.165, 1.54) is 7.11 Å². The highest BCUT2D eigenvalue weighted by Gasteiger charge is 2.18. The summed E-state index contributed by atoms with van der Waals surface area (Å²) in [6, 6.07) is 7.84. The minimum absolute atomic E-state index is 0.106. The van der Waals surface area contributed by atoms with E-state index in [4.69, 9.17) is 16.3 Å². The first-order chi connectivity index (χ1) is 9.02. The number of halogens is 4. The molecule has 0 N–H and O–H groups in total. The van der Waals surface area contributed by atoms with Gasteiger partial charge in [-0.05, 0) is 23.8 Å². The number of rotatable bonds is 3. The van der Waals surface area contributed by atoms with Gasteiger partial charge in [-0.1, -0.05) is 12.1 Å². The van der Waals surface area contributed by atoms with E-state index in [9.17, 15) is 13.2 Å². The summed E-state index contributed by atoms with van der Waals surface area (Å²) in [6.45, 7) is 0.